The molecule has 1 N–H and O–H groups in total. The second-order valence-corrected chi connectivity index (χ2v) is 3.94. The van der Waals surface area contributed by atoms with Crippen molar-refractivity contribution in [2.75, 3.05) is 0 Å². The van der Waals surface area contributed by atoms with E-state index in [2.05, 4.69) is 4.98 Å². The smallest absolute Gasteiger partial charge is 0.868 e. The van der Waals surface area contributed by atoms with Crippen LogP contribution in [0.3, 0.4) is 0 Å². The summed E-state index contributed by atoms with van der Waals surface area (Å²) in [5.74, 6) is 0.0280. The molecule has 2 aromatic carbocycles. The van der Waals surface area contributed by atoms with Crippen molar-refractivity contribution in [1.82, 2.24) is 0 Å². The van der Waals surface area contributed by atoms with Crippen molar-refractivity contribution in [3.63, 3.8) is 0 Å². The minimum atomic E-state index is 0. The molecule has 0 atom stereocenters. The Hall–Kier alpha value is -1.75. The predicted molar refractivity (Wildman–Crippen MR) is 65.4 cm³/mol. The number of benzene rings is 2. The van der Waals surface area contributed by atoms with E-state index in [-0.39, 0.29) is 24.6 Å². The Morgan fingerprint density at radius 3 is 2.39 bits per heavy atom. The van der Waals surface area contributed by atoms with E-state index in [0.29, 0.717) is 5.52 Å². The summed E-state index contributed by atoms with van der Waals surface area (Å²) in [6.45, 7) is 0. The number of rotatable bonds is 1. The maximum absolute atomic E-state index is 11.7. The van der Waals surface area contributed by atoms with Gasteiger partial charge in [-0.05, 0) is 22.9 Å². The van der Waals surface area contributed by atoms with Crippen LogP contribution in [-0.2, 0) is 0 Å². The van der Waals surface area contributed by atoms with Crippen molar-refractivity contribution in [1.29, 1.82) is 0 Å². The number of pyridine rings is 1. The molecule has 0 fully saturated rings. The van der Waals surface area contributed by atoms with Gasteiger partial charge in [-0.1, -0.05) is 42.5 Å². The molecule has 0 aliphatic rings. The van der Waals surface area contributed by atoms with E-state index < -0.39 is 0 Å². The molecular formula is C15H11LiNO+. The second-order valence-electron chi connectivity index (χ2n) is 3.94. The molecule has 1 aromatic heterocycles. The Bertz CT molecular complexity index is 668. The molecule has 0 aliphatic heterocycles. The van der Waals surface area contributed by atoms with Crippen molar-refractivity contribution in [3.8, 4) is 16.9 Å². The summed E-state index contributed by atoms with van der Waals surface area (Å²) in [5.41, 5.74) is 2.86. The van der Waals surface area contributed by atoms with Crippen molar-refractivity contribution in [3.05, 3.63) is 60.8 Å². The molecule has 0 saturated heterocycles. The molecule has 0 amide bonds. The molecule has 0 spiro atoms. The first-order valence-electron chi connectivity index (χ1n) is 5.52. The Labute approximate surface area is 117 Å². The van der Waals surface area contributed by atoms with Gasteiger partial charge in [-0.15, -0.1) is 0 Å². The third-order valence-electron chi connectivity index (χ3n) is 2.88. The van der Waals surface area contributed by atoms with Gasteiger partial charge in [-0.25, -0.2) is 4.98 Å². The zero-order valence-corrected chi connectivity index (χ0v) is 10.2. The maximum Gasteiger partial charge on any atom is 1.00 e. The summed E-state index contributed by atoms with van der Waals surface area (Å²) >= 11 is 0. The van der Waals surface area contributed by atoms with Crippen LogP contribution in [0, 0.1) is 0 Å². The molecule has 0 radical (unpaired) electrons. The molecule has 0 saturated carbocycles. The van der Waals surface area contributed by atoms with Gasteiger partial charge < -0.3 is 5.11 Å². The molecule has 0 bridgehead atoms. The normalized spacial score (nSPS) is 10.0. The summed E-state index contributed by atoms with van der Waals surface area (Å²) in [4.78, 5) is 3.02. The van der Waals surface area contributed by atoms with Crippen LogP contribution in [0.2, 0.25) is 0 Å². The van der Waals surface area contributed by atoms with Crippen molar-refractivity contribution in [2.24, 2.45) is 0 Å². The zero-order chi connectivity index (χ0) is 11.7. The zero-order valence-electron chi connectivity index (χ0n) is 10.2. The number of hydrogen-bond donors (Lipinski definition) is 0. The fourth-order valence-electron chi connectivity index (χ4n) is 2.07. The van der Waals surface area contributed by atoms with Gasteiger partial charge >= 0.3 is 18.9 Å². The number of aromatic nitrogens is 1. The van der Waals surface area contributed by atoms with Crippen molar-refractivity contribution >= 4 is 10.9 Å². The van der Waals surface area contributed by atoms with Gasteiger partial charge in [0.1, 0.15) is 0 Å². The minimum Gasteiger partial charge on any atom is -0.868 e. The van der Waals surface area contributed by atoms with E-state index in [1.54, 1.807) is 12.3 Å². The first-order chi connectivity index (χ1) is 8.36. The van der Waals surface area contributed by atoms with Crippen LogP contribution in [0.5, 0.6) is 5.75 Å². The van der Waals surface area contributed by atoms with Crippen LogP contribution in [0.4, 0.5) is 0 Å². The molecule has 18 heavy (non-hydrogen) atoms. The van der Waals surface area contributed by atoms with Gasteiger partial charge in [0.25, 0.3) is 0 Å². The van der Waals surface area contributed by atoms with Gasteiger partial charge in [0.15, 0.2) is 6.20 Å². The second kappa shape index (κ2) is 5.26. The number of fused-ring (bicyclic) bond motifs is 1. The molecule has 82 valence electrons. The van der Waals surface area contributed by atoms with E-state index in [0.717, 1.165) is 16.5 Å². The van der Waals surface area contributed by atoms with Crippen LogP contribution in [0.1, 0.15) is 0 Å². The molecule has 3 heteroatoms. The van der Waals surface area contributed by atoms with Crippen molar-refractivity contribution < 1.29 is 29.0 Å². The van der Waals surface area contributed by atoms with Crippen LogP contribution in [-0.4, -0.2) is 0 Å². The Morgan fingerprint density at radius 1 is 0.833 bits per heavy atom. The summed E-state index contributed by atoms with van der Waals surface area (Å²) < 4.78 is 0. The fourth-order valence-corrected chi connectivity index (χ4v) is 2.07. The number of aromatic amines is 1. The number of H-pyrrole nitrogens is 1. The molecular weight excluding hydrogens is 217 g/mol. The predicted octanol–water partition coefficient (Wildman–Crippen LogP) is -0.602. The summed E-state index contributed by atoms with van der Waals surface area (Å²) in [7, 11) is 0. The molecule has 1 heterocycles. The van der Waals surface area contributed by atoms with Crippen LogP contribution >= 0.6 is 0 Å². The standard InChI is InChI=1S/C15H11NO.Li/c17-14-9-8-12(11-5-2-1-3-6-11)13-7-4-10-16-15(13)14;/h1-10,17H;/q;+1. The quantitative estimate of drug-likeness (QED) is 0.512. The molecule has 0 unspecified atom stereocenters. The van der Waals surface area contributed by atoms with Gasteiger partial charge in [0.2, 0.25) is 5.52 Å². The van der Waals surface area contributed by atoms with Crippen LogP contribution < -0.4 is 29.0 Å². The Morgan fingerprint density at radius 2 is 1.61 bits per heavy atom. The van der Waals surface area contributed by atoms with Crippen molar-refractivity contribution in [2.45, 2.75) is 0 Å². The monoisotopic (exact) mass is 228 g/mol. The molecule has 2 nitrogen and oxygen atoms in total. The van der Waals surface area contributed by atoms with Gasteiger partial charge in [0.05, 0.1) is 5.39 Å². The molecule has 3 rings (SSSR count). The Kier molecular flexibility index (Phi) is 3.71. The summed E-state index contributed by atoms with van der Waals surface area (Å²) in [5, 5.41) is 12.7. The average Bonchev–Trinajstić information content (AvgIpc) is 2.41. The van der Waals surface area contributed by atoms with E-state index >= 15 is 0 Å². The molecule has 3 aromatic rings. The Balaban J connectivity index is 0.00000120. The number of nitrogens with one attached hydrogen (secondary N) is 1. The SMILES string of the molecule is [Li+].[O-]c1ccc(-c2ccccc2)c2ccc[nH+]c12. The van der Waals surface area contributed by atoms with Crippen LogP contribution in [0.25, 0.3) is 22.0 Å². The third-order valence-corrected chi connectivity index (χ3v) is 2.88. The topological polar surface area (TPSA) is 37.2 Å². The fraction of sp³-hybridized carbons (Fsp3) is 0. The van der Waals surface area contributed by atoms with E-state index in [9.17, 15) is 5.11 Å². The molecule has 0 aliphatic carbocycles. The summed E-state index contributed by atoms with van der Waals surface area (Å²) in [6, 6.07) is 17.5. The van der Waals surface area contributed by atoms with E-state index in [1.807, 2.05) is 48.5 Å². The van der Waals surface area contributed by atoms with Gasteiger partial charge in [-0.2, -0.15) is 0 Å². The van der Waals surface area contributed by atoms with E-state index in [1.165, 1.54) is 0 Å². The minimum absolute atomic E-state index is 0. The van der Waals surface area contributed by atoms with Gasteiger partial charge in [0, 0.05) is 6.07 Å². The summed E-state index contributed by atoms with van der Waals surface area (Å²) in [6.07, 6.45) is 1.78. The van der Waals surface area contributed by atoms with E-state index in [4.69, 9.17) is 0 Å². The largest absolute Gasteiger partial charge is 1.00 e. The van der Waals surface area contributed by atoms with Crippen LogP contribution in [0.15, 0.2) is 60.8 Å². The average molecular weight is 228 g/mol. The number of hydrogen-bond acceptors (Lipinski definition) is 1. The first-order valence-corrected chi connectivity index (χ1v) is 5.52. The third kappa shape index (κ3) is 2.13. The first kappa shape index (κ1) is 12.7. The maximum atomic E-state index is 11.7. The van der Waals surface area contributed by atoms with Gasteiger partial charge in [-0.3, -0.25) is 0 Å².